The molecule has 0 heterocycles. The summed E-state index contributed by atoms with van der Waals surface area (Å²) in [6, 6.07) is 1.79. The number of sulfonamides is 1. The fraction of sp³-hybridized carbons (Fsp3) is 0.400. The third-order valence-corrected chi connectivity index (χ3v) is 4.24. The second kappa shape index (κ2) is 6.53. The average molecular weight is 320 g/mol. The van der Waals surface area contributed by atoms with Crippen molar-refractivity contribution in [2.24, 2.45) is 0 Å². The van der Waals surface area contributed by atoms with E-state index < -0.39 is 46.1 Å². The van der Waals surface area contributed by atoms with Crippen LogP contribution in [0.2, 0.25) is 0 Å². The third-order valence-electron chi connectivity index (χ3n) is 2.19. The molecule has 0 saturated heterocycles. The molecule has 19 heavy (non-hydrogen) atoms. The zero-order chi connectivity index (χ0) is 14.6. The Morgan fingerprint density at radius 1 is 1.26 bits per heavy atom. The monoisotopic (exact) mass is 319 g/mol. The summed E-state index contributed by atoms with van der Waals surface area (Å²) in [7, 11) is -4.56. The van der Waals surface area contributed by atoms with Crippen molar-refractivity contribution in [2.75, 3.05) is 19.0 Å². The molecule has 0 aromatic heterocycles. The summed E-state index contributed by atoms with van der Waals surface area (Å²) in [5.74, 6) is -2.44. The van der Waals surface area contributed by atoms with Crippen molar-refractivity contribution in [1.29, 1.82) is 0 Å². The SMILES string of the molecule is O=S(=O)(c1cc(F)ccc1F)N(CCCl)CC(F)F. The summed E-state index contributed by atoms with van der Waals surface area (Å²) in [6.07, 6.45) is -2.95. The van der Waals surface area contributed by atoms with Crippen LogP contribution in [-0.2, 0) is 10.0 Å². The van der Waals surface area contributed by atoms with Gasteiger partial charge in [-0.05, 0) is 18.2 Å². The van der Waals surface area contributed by atoms with E-state index in [1.165, 1.54) is 0 Å². The zero-order valence-electron chi connectivity index (χ0n) is 9.49. The van der Waals surface area contributed by atoms with Crippen molar-refractivity contribution < 1.29 is 26.0 Å². The number of nitrogens with zero attached hydrogens (tertiary/aromatic N) is 1. The lowest BCUT2D eigenvalue weighted by Gasteiger charge is -2.21. The van der Waals surface area contributed by atoms with Crippen molar-refractivity contribution in [3.05, 3.63) is 29.8 Å². The lowest BCUT2D eigenvalue weighted by Crippen LogP contribution is -2.37. The molecule has 0 bridgehead atoms. The Hall–Kier alpha value is -0.860. The molecule has 0 amide bonds. The molecule has 9 heteroatoms. The van der Waals surface area contributed by atoms with E-state index in [0.29, 0.717) is 16.4 Å². The zero-order valence-corrected chi connectivity index (χ0v) is 11.1. The van der Waals surface area contributed by atoms with Crippen LogP contribution in [0, 0.1) is 11.6 Å². The highest BCUT2D eigenvalue weighted by atomic mass is 35.5. The Morgan fingerprint density at radius 2 is 1.89 bits per heavy atom. The molecule has 0 unspecified atom stereocenters. The smallest absolute Gasteiger partial charge is 0.209 e. The number of alkyl halides is 3. The van der Waals surface area contributed by atoms with Gasteiger partial charge in [0.2, 0.25) is 10.0 Å². The Morgan fingerprint density at radius 3 is 2.42 bits per heavy atom. The van der Waals surface area contributed by atoms with Crippen LogP contribution in [0.3, 0.4) is 0 Å². The van der Waals surface area contributed by atoms with Gasteiger partial charge in [-0.1, -0.05) is 0 Å². The predicted molar refractivity (Wildman–Crippen MR) is 61.8 cm³/mol. The van der Waals surface area contributed by atoms with Crippen molar-refractivity contribution >= 4 is 21.6 Å². The van der Waals surface area contributed by atoms with Gasteiger partial charge in [0.1, 0.15) is 16.5 Å². The maximum absolute atomic E-state index is 13.4. The molecule has 1 rings (SSSR count). The average Bonchev–Trinajstić information content (AvgIpc) is 2.31. The van der Waals surface area contributed by atoms with Crippen LogP contribution in [0.15, 0.2) is 23.1 Å². The molecule has 0 aliphatic heterocycles. The van der Waals surface area contributed by atoms with E-state index in [2.05, 4.69) is 0 Å². The second-order valence-corrected chi connectivity index (χ2v) is 5.80. The van der Waals surface area contributed by atoms with Crippen LogP contribution in [-0.4, -0.2) is 38.1 Å². The van der Waals surface area contributed by atoms with Crippen molar-refractivity contribution in [1.82, 2.24) is 4.31 Å². The summed E-state index contributed by atoms with van der Waals surface area (Å²) in [5.41, 5.74) is 0. The molecule has 0 saturated carbocycles. The molecule has 108 valence electrons. The first-order valence-electron chi connectivity index (χ1n) is 5.08. The highest BCUT2D eigenvalue weighted by Crippen LogP contribution is 2.21. The summed E-state index contributed by atoms with van der Waals surface area (Å²) < 4.78 is 75.2. The van der Waals surface area contributed by atoms with E-state index in [0.717, 1.165) is 6.07 Å². The van der Waals surface area contributed by atoms with Crippen LogP contribution in [0.5, 0.6) is 0 Å². The molecule has 0 aliphatic carbocycles. The highest BCUT2D eigenvalue weighted by Gasteiger charge is 2.29. The van der Waals surface area contributed by atoms with Crippen LogP contribution in [0.1, 0.15) is 0 Å². The molecule has 0 spiro atoms. The fourth-order valence-corrected chi connectivity index (χ4v) is 3.17. The molecule has 0 radical (unpaired) electrons. The summed E-state index contributed by atoms with van der Waals surface area (Å²) in [5, 5.41) is 0. The number of rotatable bonds is 6. The highest BCUT2D eigenvalue weighted by molar-refractivity contribution is 7.89. The largest absolute Gasteiger partial charge is 0.252 e. The second-order valence-electron chi connectivity index (χ2n) is 3.52. The normalized spacial score (nSPS) is 12.4. The van der Waals surface area contributed by atoms with E-state index in [4.69, 9.17) is 11.6 Å². The summed E-state index contributed by atoms with van der Waals surface area (Å²) >= 11 is 5.33. The Kier molecular flexibility index (Phi) is 5.57. The summed E-state index contributed by atoms with van der Waals surface area (Å²) in [6.45, 7) is -1.56. The first-order chi connectivity index (χ1) is 8.78. The van der Waals surface area contributed by atoms with Crippen molar-refractivity contribution in [3.63, 3.8) is 0 Å². The van der Waals surface area contributed by atoms with Gasteiger partial charge in [-0.15, -0.1) is 11.6 Å². The quantitative estimate of drug-likeness (QED) is 0.596. The van der Waals surface area contributed by atoms with Gasteiger partial charge in [-0.3, -0.25) is 0 Å². The predicted octanol–water partition coefficient (Wildman–Crippen LogP) is 2.46. The number of benzene rings is 1. The lowest BCUT2D eigenvalue weighted by molar-refractivity contribution is 0.121. The molecule has 0 aliphatic rings. The van der Waals surface area contributed by atoms with Crippen LogP contribution >= 0.6 is 11.6 Å². The first-order valence-corrected chi connectivity index (χ1v) is 7.06. The number of hydrogen-bond donors (Lipinski definition) is 0. The van der Waals surface area contributed by atoms with Gasteiger partial charge in [0, 0.05) is 12.4 Å². The number of hydrogen-bond acceptors (Lipinski definition) is 2. The Balaban J connectivity index is 3.22. The van der Waals surface area contributed by atoms with E-state index in [-0.39, 0.29) is 5.88 Å². The third kappa shape index (κ3) is 4.05. The minimum Gasteiger partial charge on any atom is -0.209 e. The van der Waals surface area contributed by atoms with Gasteiger partial charge in [-0.2, -0.15) is 4.31 Å². The topological polar surface area (TPSA) is 37.4 Å². The Bertz CT molecular complexity index is 538. The van der Waals surface area contributed by atoms with E-state index >= 15 is 0 Å². The lowest BCUT2D eigenvalue weighted by atomic mass is 10.3. The van der Waals surface area contributed by atoms with E-state index in [1.54, 1.807) is 0 Å². The minimum absolute atomic E-state index is 0.247. The maximum atomic E-state index is 13.4. The Labute approximate surface area is 112 Å². The van der Waals surface area contributed by atoms with Gasteiger partial charge < -0.3 is 0 Å². The van der Waals surface area contributed by atoms with Gasteiger partial charge in [0.05, 0.1) is 6.54 Å². The van der Waals surface area contributed by atoms with Crippen LogP contribution < -0.4 is 0 Å². The molecule has 1 aromatic rings. The van der Waals surface area contributed by atoms with E-state index in [9.17, 15) is 26.0 Å². The molecular weight excluding hydrogens is 310 g/mol. The van der Waals surface area contributed by atoms with E-state index in [1.807, 2.05) is 0 Å². The van der Waals surface area contributed by atoms with Crippen LogP contribution in [0.25, 0.3) is 0 Å². The molecule has 1 aromatic carbocycles. The maximum Gasteiger partial charge on any atom is 0.252 e. The molecule has 3 nitrogen and oxygen atoms in total. The fourth-order valence-electron chi connectivity index (χ4n) is 1.37. The first kappa shape index (κ1) is 16.2. The van der Waals surface area contributed by atoms with Gasteiger partial charge >= 0.3 is 0 Å². The number of halogens is 5. The van der Waals surface area contributed by atoms with Crippen molar-refractivity contribution in [3.8, 4) is 0 Å². The standard InChI is InChI=1S/C10H10ClF4NO2S/c11-3-4-16(6-10(14)15)19(17,18)9-5-7(12)1-2-8(9)13/h1-2,5,10H,3-4,6H2. The van der Waals surface area contributed by atoms with Crippen molar-refractivity contribution in [2.45, 2.75) is 11.3 Å². The van der Waals surface area contributed by atoms with Crippen LogP contribution in [0.4, 0.5) is 17.6 Å². The van der Waals surface area contributed by atoms with Gasteiger partial charge in [0.15, 0.2) is 0 Å². The molecular formula is C10H10ClF4NO2S. The summed E-state index contributed by atoms with van der Waals surface area (Å²) in [4.78, 5) is -0.988. The van der Waals surface area contributed by atoms with Gasteiger partial charge in [-0.25, -0.2) is 26.0 Å². The minimum atomic E-state index is -4.56. The van der Waals surface area contributed by atoms with Gasteiger partial charge in [0.25, 0.3) is 6.43 Å². The molecule has 0 fully saturated rings. The molecule has 0 atom stereocenters. The molecule has 0 N–H and O–H groups in total.